The molecule has 0 saturated carbocycles. The number of benzene rings is 1. The molecule has 14 nitrogen and oxygen atoms in total. The van der Waals surface area contributed by atoms with Gasteiger partial charge >= 0.3 is 0 Å². The Morgan fingerprint density at radius 1 is 1.07 bits per heavy atom. The Bertz CT molecular complexity index is 1490. The minimum Gasteiger partial charge on any atom is -0.756 e. The van der Waals surface area contributed by atoms with E-state index in [1.165, 1.54) is 10.7 Å². The Kier molecular flexibility index (Phi) is 9.88. The number of aryl methyl sites for hydroxylation is 1. The molecule has 212 valence electrons. The summed E-state index contributed by atoms with van der Waals surface area (Å²) in [6.45, 7) is 5.19. The first-order valence-electron chi connectivity index (χ1n) is 12.3. The lowest BCUT2D eigenvalue weighted by atomic mass is 10.1. The van der Waals surface area contributed by atoms with E-state index in [1.54, 1.807) is 29.3 Å². The van der Waals surface area contributed by atoms with Crippen LogP contribution in [0.15, 0.2) is 66.0 Å². The molecule has 1 fully saturated rings. The van der Waals surface area contributed by atoms with Gasteiger partial charge in [0.25, 0.3) is 13.4 Å². The maximum absolute atomic E-state index is 12.4. The molecular formula is C25H29N7O7P-. The number of rotatable bonds is 8. The molecule has 1 aliphatic rings. The molecule has 5 rings (SSSR count). The smallest absolute Gasteiger partial charge is 0.267 e. The van der Waals surface area contributed by atoms with Crippen molar-refractivity contribution < 1.29 is 28.7 Å². The van der Waals surface area contributed by atoms with Crippen LogP contribution in [0.3, 0.4) is 0 Å². The zero-order valence-corrected chi connectivity index (χ0v) is 22.6. The van der Waals surface area contributed by atoms with E-state index in [-0.39, 0.29) is 5.56 Å². The lowest BCUT2D eigenvalue weighted by Gasteiger charge is -2.26. The van der Waals surface area contributed by atoms with Crippen molar-refractivity contribution in [1.82, 2.24) is 34.4 Å². The number of hydrogen-bond acceptors (Lipinski definition) is 10. The maximum Gasteiger partial charge on any atom is 0.267 e. The average molecular weight is 571 g/mol. The fourth-order valence-corrected chi connectivity index (χ4v) is 3.91. The molecule has 0 atom stereocenters. The summed E-state index contributed by atoms with van der Waals surface area (Å²) in [6.07, 6.45) is 6.98. The first-order valence-corrected chi connectivity index (χ1v) is 13.8. The molecular weight excluding hydrogens is 541 g/mol. The Morgan fingerprint density at radius 2 is 1.80 bits per heavy atom. The van der Waals surface area contributed by atoms with Crippen LogP contribution in [0.25, 0.3) is 22.6 Å². The molecule has 1 aromatic carbocycles. The normalized spacial score (nSPS) is 13.9. The van der Waals surface area contributed by atoms with Gasteiger partial charge in [0.1, 0.15) is 6.61 Å². The molecule has 1 saturated heterocycles. The van der Waals surface area contributed by atoms with E-state index in [1.807, 2.05) is 37.5 Å². The SMILES string of the molecule is Cn1cc(-c2ccc(=O)n(Cc3cccc(-c4ncc(OCCN5CCOCC5)cn4)c3)n2)cn1.O=P([O-])(O)O. The van der Waals surface area contributed by atoms with E-state index in [4.69, 9.17) is 28.7 Å². The van der Waals surface area contributed by atoms with Gasteiger partial charge in [0, 0.05) is 50.1 Å². The van der Waals surface area contributed by atoms with E-state index in [0.29, 0.717) is 30.4 Å². The summed E-state index contributed by atoms with van der Waals surface area (Å²) in [6, 6.07) is 11.0. The van der Waals surface area contributed by atoms with Gasteiger partial charge in [-0.3, -0.25) is 18.9 Å². The standard InChI is InChI=1S/C25H27N7O3.H3O4P/c1-30-18-21(14-28-30)23-5-6-24(33)32(29-23)17-19-3-2-4-20(13-19)25-26-15-22(16-27-25)35-12-9-31-7-10-34-11-8-31;1-5(2,3)4/h2-6,13-16,18H,7-12,17H2,1H3;(H3,1,2,3,4)/p-1. The minimum atomic E-state index is -4.89. The van der Waals surface area contributed by atoms with Crippen LogP contribution in [0.4, 0.5) is 0 Å². The van der Waals surface area contributed by atoms with E-state index < -0.39 is 7.82 Å². The lowest BCUT2D eigenvalue weighted by molar-refractivity contribution is -0.214. The monoisotopic (exact) mass is 570 g/mol. The number of hydrogen-bond donors (Lipinski definition) is 2. The van der Waals surface area contributed by atoms with Crippen LogP contribution in [0.5, 0.6) is 5.75 Å². The van der Waals surface area contributed by atoms with Crippen molar-refractivity contribution in [3.63, 3.8) is 0 Å². The van der Waals surface area contributed by atoms with Crippen LogP contribution >= 0.6 is 7.82 Å². The molecule has 0 amide bonds. The van der Waals surface area contributed by atoms with Crippen molar-refractivity contribution in [2.45, 2.75) is 6.54 Å². The van der Waals surface area contributed by atoms with Crippen molar-refractivity contribution in [3.8, 4) is 28.4 Å². The van der Waals surface area contributed by atoms with Gasteiger partial charge in [-0.15, -0.1) is 0 Å². The summed E-state index contributed by atoms with van der Waals surface area (Å²) >= 11 is 0. The Labute approximate surface area is 229 Å². The molecule has 3 aromatic heterocycles. The molecule has 1 aliphatic heterocycles. The number of ether oxygens (including phenoxy) is 2. The Morgan fingerprint density at radius 3 is 2.48 bits per heavy atom. The van der Waals surface area contributed by atoms with Crippen molar-refractivity contribution >= 4 is 7.82 Å². The second kappa shape index (κ2) is 13.5. The van der Waals surface area contributed by atoms with Gasteiger partial charge in [-0.25, -0.2) is 14.6 Å². The highest BCUT2D eigenvalue weighted by Crippen LogP contribution is 2.20. The Balaban J connectivity index is 0.000000681. The van der Waals surface area contributed by atoms with Crippen LogP contribution in [-0.4, -0.2) is 83.7 Å². The van der Waals surface area contributed by atoms with Crippen LogP contribution in [0, 0.1) is 0 Å². The second-order valence-corrected chi connectivity index (χ2v) is 9.83. The summed E-state index contributed by atoms with van der Waals surface area (Å²) in [5.74, 6) is 1.23. The zero-order valence-electron chi connectivity index (χ0n) is 21.7. The molecule has 0 spiro atoms. The quantitative estimate of drug-likeness (QED) is 0.277. The average Bonchev–Trinajstić information content (AvgIpc) is 3.36. The fraction of sp³-hybridized carbons (Fsp3) is 0.320. The second-order valence-electron chi connectivity index (χ2n) is 8.85. The van der Waals surface area contributed by atoms with Crippen molar-refractivity contribution in [3.05, 3.63) is 77.1 Å². The first-order chi connectivity index (χ1) is 19.1. The molecule has 0 unspecified atom stereocenters. The van der Waals surface area contributed by atoms with Crippen LogP contribution in [-0.2, 0) is 22.9 Å². The third kappa shape index (κ3) is 9.16. The van der Waals surface area contributed by atoms with Gasteiger partial charge in [-0.2, -0.15) is 10.2 Å². The molecule has 0 aliphatic carbocycles. The summed E-state index contributed by atoms with van der Waals surface area (Å²) < 4.78 is 23.1. The molecule has 4 aromatic rings. The molecule has 0 radical (unpaired) electrons. The molecule has 0 bridgehead atoms. The predicted molar refractivity (Wildman–Crippen MR) is 142 cm³/mol. The maximum atomic E-state index is 12.4. The summed E-state index contributed by atoms with van der Waals surface area (Å²) in [5.41, 5.74) is 3.17. The van der Waals surface area contributed by atoms with Crippen molar-refractivity contribution in [2.75, 3.05) is 39.5 Å². The lowest BCUT2D eigenvalue weighted by Crippen LogP contribution is -2.38. The van der Waals surface area contributed by atoms with Crippen LogP contribution < -0.4 is 15.2 Å². The number of morpholine rings is 1. The van der Waals surface area contributed by atoms with E-state index in [9.17, 15) is 4.79 Å². The molecule has 4 heterocycles. The third-order valence-electron chi connectivity index (χ3n) is 5.79. The van der Waals surface area contributed by atoms with E-state index in [2.05, 4.69) is 25.1 Å². The van der Waals surface area contributed by atoms with E-state index in [0.717, 1.165) is 49.5 Å². The van der Waals surface area contributed by atoms with Gasteiger partial charge in [-0.05, 0) is 17.7 Å². The topological polar surface area (TPSA) is 181 Å². The minimum absolute atomic E-state index is 0.169. The van der Waals surface area contributed by atoms with Gasteiger partial charge in [0.15, 0.2) is 11.6 Å². The number of nitrogens with zero attached hydrogens (tertiary/aromatic N) is 7. The summed E-state index contributed by atoms with van der Waals surface area (Å²) in [7, 11) is -3.04. The fourth-order valence-electron chi connectivity index (χ4n) is 3.91. The zero-order chi connectivity index (χ0) is 28.5. The highest BCUT2D eigenvalue weighted by atomic mass is 31.2. The van der Waals surface area contributed by atoms with Crippen LogP contribution in [0.1, 0.15) is 5.56 Å². The Hall–Kier alpha value is -3.78. The van der Waals surface area contributed by atoms with E-state index >= 15 is 0 Å². The highest BCUT2D eigenvalue weighted by molar-refractivity contribution is 7.43. The van der Waals surface area contributed by atoms with Crippen molar-refractivity contribution in [1.29, 1.82) is 0 Å². The number of aromatic nitrogens is 6. The van der Waals surface area contributed by atoms with Gasteiger partial charge < -0.3 is 24.2 Å². The van der Waals surface area contributed by atoms with Gasteiger partial charge in [0.2, 0.25) is 0 Å². The highest BCUT2D eigenvalue weighted by Gasteiger charge is 2.11. The predicted octanol–water partition coefficient (Wildman–Crippen LogP) is 0.300. The van der Waals surface area contributed by atoms with Gasteiger partial charge in [-0.1, -0.05) is 18.2 Å². The van der Waals surface area contributed by atoms with Crippen molar-refractivity contribution in [2.24, 2.45) is 7.05 Å². The van der Waals surface area contributed by atoms with Crippen LogP contribution in [0.2, 0.25) is 0 Å². The summed E-state index contributed by atoms with van der Waals surface area (Å²) in [5, 5.41) is 8.70. The largest absolute Gasteiger partial charge is 0.756 e. The first kappa shape index (κ1) is 29.2. The third-order valence-corrected chi connectivity index (χ3v) is 5.79. The summed E-state index contributed by atoms with van der Waals surface area (Å²) in [4.78, 5) is 46.6. The molecule has 40 heavy (non-hydrogen) atoms. The number of phosphoric acid groups is 1. The molecule has 2 N–H and O–H groups in total. The van der Waals surface area contributed by atoms with Gasteiger partial charge in [0.05, 0.1) is 44.0 Å². The molecule has 15 heteroatoms.